The number of alkyl halides is 3. The number of amides is 2. The maximum absolute atomic E-state index is 12.4. The van der Waals surface area contributed by atoms with Crippen molar-refractivity contribution in [3.63, 3.8) is 0 Å². The molecule has 1 saturated heterocycles. The van der Waals surface area contributed by atoms with Crippen molar-refractivity contribution in [2.45, 2.75) is 13.1 Å². The molecular weight excluding hydrogens is 312 g/mol. The molecule has 0 spiro atoms. The number of likely N-dealkylation sites (N-methyl/N-ethyl adjacent to an activating group) is 1. The van der Waals surface area contributed by atoms with Gasteiger partial charge in [0.15, 0.2) is 0 Å². The van der Waals surface area contributed by atoms with Crippen LogP contribution in [0.3, 0.4) is 0 Å². The van der Waals surface area contributed by atoms with Crippen LogP contribution in [0.2, 0.25) is 0 Å². The zero-order chi connectivity index (χ0) is 13.6. The van der Waals surface area contributed by atoms with Crippen molar-refractivity contribution >= 4 is 73.9 Å². The van der Waals surface area contributed by atoms with E-state index in [1.165, 1.54) is 4.90 Å². The summed E-state index contributed by atoms with van der Waals surface area (Å²) < 4.78 is 35.6. The van der Waals surface area contributed by atoms with Crippen LogP contribution in [0.1, 0.15) is 11.9 Å². The van der Waals surface area contributed by atoms with Crippen LogP contribution in [0.15, 0.2) is 0 Å². The summed E-state index contributed by atoms with van der Waals surface area (Å²) in [5.41, 5.74) is 0. The van der Waals surface area contributed by atoms with Gasteiger partial charge in [0.2, 0.25) is 5.01 Å². The summed E-state index contributed by atoms with van der Waals surface area (Å²) in [6.07, 6.45) is -4.65. The number of rotatable bonds is 2. The van der Waals surface area contributed by atoms with Gasteiger partial charge >= 0.3 is 68.7 Å². The van der Waals surface area contributed by atoms with Gasteiger partial charge < -0.3 is 5.21 Å². The molecular formula is C8H10F3KN4O2S. The van der Waals surface area contributed by atoms with E-state index in [-0.39, 0.29) is 75.8 Å². The summed E-state index contributed by atoms with van der Waals surface area (Å²) in [7, 11) is 0. The van der Waals surface area contributed by atoms with Gasteiger partial charge in [-0.25, -0.2) is 9.44 Å². The van der Waals surface area contributed by atoms with E-state index in [1.54, 1.807) is 6.92 Å². The summed E-state index contributed by atoms with van der Waals surface area (Å²) in [5, 5.41) is 16.7. The van der Waals surface area contributed by atoms with Crippen molar-refractivity contribution < 1.29 is 18.0 Å². The Morgan fingerprint density at radius 2 is 2.11 bits per heavy atom. The summed E-state index contributed by atoms with van der Waals surface area (Å²) >= 11 is 0.117. The summed E-state index contributed by atoms with van der Waals surface area (Å²) in [6, 6.07) is -0.789. The molecule has 19 heavy (non-hydrogen) atoms. The molecule has 0 aromatic carbocycles. The van der Waals surface area contributed by atoms with Gasteiger partial charge in [0.1, 0.15) is 6.54 Å². The van der Waals surface area contributed by atoms with Crippen LogP contribution >= 0.6 is 11.3 Å². The first-order valence-electron chi connectivity index (χ1n) is 5.09. The molecule has 1 atom stereocenters. The normalized spacial score (nSPS) is 23.6. The fourth-order valence-electron chi connectivity index (χ4n) is 1.63. The van der Waals surface area contributed by atoms with E-state index < -0.39 is 27.0 Å². The topological polar surface area (TPSA) is 69.2 Å². The molecule has 1 unspecified atom stereocenters. The number of carbonyl (C=O) groups is 1. The molecule has 1 aliphatic rings. The van der Waals surface area contributed by atoms with Crippen molar-refractivity contribution in [2.24, 2.45) is 0 Å². The number of hydroxylamine groups is 2. The third-order valence-corrected chi connectivity index (χ3v) is 3.68. The Labute approximate surface area is 153 Å². The first-order chi connectivity index (χ1) is 8.29. The molecule has 0 aliphatic carbocycles. The molecule has 11 heteroatoms. The average molecular weight is 322 g/mol. The second kappa shape index (κ2) is 6.01. The summed E-state index contributed by atoms with van der Waals surface area (Å²) in [6.45, 7) is 2.10. The van der Waals surface area contributed by atoms with Gasteiger partial charge in [-0.05, 0) is 18.3 Å². The van der Waals surface area contributed by atoms with E-state index in [0.717, 1.165) is 0 Å². The minimum atomic E-state index is -4.65. The molecule has 1 aliphatic heterocycles. The van der Waals surface area contributed by atoms with Crippen LogP contribution in [0.25, 0.3) is 0 Å². The van der Waals surface area contributed by atoms with Crippen LogP contribution < -0.4 is 4.65 Å². The van der Waals surface area contributed by atoms with Gasteiger partial charge in [-0.3, -0.25) is 4.90 Å². The Bertz CT molecular complexity index is 483. The predicted octanol–water partition coefficient (Wildman–Crippen LogP) is 1.17. The maximum atomic E-state index is 12.4. The van der Waals surface area contributed by atoms with Gasteiger partial charge in [0, 0.05) is 6.54 Å². The SMILES string of the molecule is CCN1CC[N+]([O-])(c2nnc(C(F)(F)F)s2)C1=O.[KH]. The molecule has 1 aromatic rings. The van der Waals surface area contributed by atoms with Crippen LogP contribution in [-0.4, -0.2) is 92.1 Å². The van der Waals surface area contributed by atoms with E-state index in [0.29, 0.717) is 6.54 Å². The molecule has 102 valence electrons. The number of nitrogens with zero attached hydrogens (tertiary/aromatic N) is 4. The Morgan fingerprint density at radius 1 is 1.47 bits per heavy atom. The predicted molar refractivity (Wildman–Crippen MR) is 64.7 cm³/mol. The van der Waals surface area contributed by atoms with Gasteiger partial charge in [0.25, 0.3) is 0 Å². The quantitative estimate of drug-likeness (QED) is 0.466. The first kappa shape index (κ1) is 17.4. The van der Waals surface area contributed by atoms with E-state index in [1.807, 2.05) is 0 Å². The molecule has 0 saturated carbocycles. The number of hydrogen-bond donors (Lipinski definition) is 0. The number of halogens is 3. The third-order valence-electron chi connectivity index (χ3n) is 2.61. The summed E-state index contributed by atoms with van der Waals surface area (Å²) in [4.78, 5) is 13.0. The number of urea groups is 1. The molecule has 2 amide bonds. The van der Waals surface area contributed by atoms with Gasteiger partial charge in [-0.15, -0.1) is 5.10 Å². The fourth-order valence-corrected chi connectivity index (χ4v) is 2.40. The number of quaternary nitrogens is 1. The second-order valence-electron chi connectivity index (χ2n) is 3.71. The molecule has 0 bridgehead atoms. The summed E-state index contributed by atoms with van der Waals surface area (Å²) in [5.74, 6) is 0. The Kier molecular flexibility index (Phi) is 5.52. The zero-order valence-electron chi connectivity index (χ0n) is 9.27. The second-order valence-corrected chi connectivity index (χ2v) is 4.67. The van der Waals surface area contributed by atoms with Gasteiger partial charge in [-0.1, -0.05) is 5.10 Å². The minimum absolute atomic E-state index is 0. The Hall–Kier alpha value is 0.376. The monoisotopic (exact) mass is 322 g/mol. The van der Waals surface area contributed by atoms with Crippen molar-refractivity contribution in [3.05, 3.63) is 10.2 Å². The number of aromatic nitrogens is 2. The first-order valence-corrected chi connectivity index (χ1v) is 5.90. The van der Waals surface area contributed by atoms with E-state index >= 15 is 0 Å². The molecule has 0 radical (unpaired) electrons. The van der Waals surface area contributed by atoms with Crippen molar-refractivity contribution in [2.75, 3.05) is 19.6 Å². The van der Waals surface area contributed by atoms with E-state index in [2.05, 4.69) is 10.2 Å². The molecule has 2 rings (SSSR count). The van der Waals surface area contributed by atoms with Crippen LogP contribution in [0.5, 0.6) is 0 Å². The van der Waals surface area contributed by atoms with Crippen LogP contribution in [0, 0.1) is 5.21 Å². The van der Waals surface area contributed by atoms with Gasteiger partial charge in [-0.2, -0.15) is 13.2 Å². The molecule has 2 heterocycles. The van der Waals surface area contributed by atoms with E-state index in [4.69, 9.17) is 0 Å². The molecule has 1 aromatic heterocycles. The van der Waals surface area contributed by atoms with Crippen LogP contribution in [0.4, 0.5) is 23.1 Å². The van der Waals surface area contributed by atoms with Crippen molar-refractivity contribution in [1.29, 1.82) is 0 Å². The number of carbonyl (C=O) groups excluding carboxylic acids is 1. The zero-order valence-corrected chi connectivity index (χ0v) is 10.1. The van der Waals surface area contributed by atoms with Crippen molar-refractivity contribution in [1.82, 2.24) is 19.7 Å². The molecule has 0 N–H and O–H groups in total. The van der Waals surface area contributed by atoms with Gasteiger partial charge in [0.05, 0.1) is 6.54 Å². The van der Waals surface area contributed by atoms with E-state index in [9.17, 15) is 23.2 Å². The molecule has 1 fully saturated rings. The van der Waals surface area contributed by atoms with Crippen LogP contribution in [-0.2, 0) is 6.18 Å². The average Bonchev–Trinajstić information content (AvgIpc) is 2.86. The third kappa shape index (κ3) is 3.18. The Balaban J connectivity index is 0.00000180. The number of hydrogen-bond acceptors (Lipinski definition) is 5. The molecule has 6 nitrogen and oxygen atoms in total. The Morgan fingerprint density at radius 3 is 2.53 bits per heavy atom. The fraction of sp³-hybridized carbons (Fsp3) is 0.625. The standard InChI is InChI=1S/C8H9F3N4O2S.K.H/c1-2-14-3-4-15(17,7(14)16)6-13-12-5(18-6)8(9,10)11;;/h2-4H2,1H3;;. The van der Waals surface area contributed by atoms with Crippen molar-refractivity contribution in [3.8, 4) is 0 Å².